The maximum atomic E-state index is 11.1. The fourth-order valence-corrected chi connectivity index (χ4v) is 1.47. The normalized spacial score (nSPS) is 15.5. The van der Waals surface area contributed by atoms with Crippen LogP contribution in [0.15, 0.2) is 24.8 Å². The molecule has 0 amide bonds. The lowest BCUT2D eigenvalue weighted by molar-refractivity contribution is -0.167. The smallest absolute Gasteiger partial charge is 0.333 e. The first-order valence-corrected chi connectivity index (χ1v) is 7.31. The van der Waals surface area contributed by atoms with Gasteiger partial charge in [0.15, 0.2) is 0 Å². The molecule has 0 saturated carbocycles. The largest absolute Gasteiger partial charge is 0.462 e. The van der Waals surface area contributed by atoms with Crippen molar-refractivity contribution in [2.75, 3.05) is 19.8 Å². The van der Waals surface area contributed by atoms with Gasteiger partial charge < -0.3 is 14.2 Å². The Labute approximate surface area is 133 Å². The van der Waals surface area contributed by atoms with E-state index in [1.165, 1.54) is 0 Å². The predicted octanol–water partition coefficient (Wildman–Crippen LogP) is 3.05. The highest BCUT2D eigenvalue weighted by molar-refractivity contribution is 5.86. The molecule has 0 aromatic rings. The second-order valence-electron chi connectivity index (χ2n) is 6.44. The number of ether oxygens (including phenoxy) is 3. The minimum absolute atomic E-state index is 0.0745. The second-order valence-corrected chi connectivity index (χ2v) is 6.44. The Hall–Kier alpha value is -1.62. The quantitative estimate of drug-likeness (QED) is 0.577. The Kier molecular flexibility index (Phi) is 8.09. The maximum absolute atomic E-state index is 11.1. The summed E-state index contributed by atoms with van der Waals surface area (Å²) >= 11 is 0. The van der Waals surface area contributed by atoms with Crippen LogP contribution in [0.1, 0.15) is 41.0 Å². The van der Waals surface area contributed by atoms with E-state index in [0.717, 1.165) is 12.5 Å². The van der Waals surface area contributed by atoms with Crippen molar-refractivity contribution in [2.24, 2.45) is 5.41 Å². The highest BCUT2D eigenvalue weighted by Gasteiger charge is 2.38. The summed E-state index contributed by atoms with van der Waals surface area (Å²) < 4.78 is 15.0. The van der Waals surface area contributed by atoms with Gasteiger partial charge in [0.1, 0.15) is 12.2 Å². The van der Waals surface area contributed by atoms with E-state index in [0.29, 0.717) is 25.4 Å². The molecule has 1 aliphatic rings. The topological polar surface area (TPSA) is 61.8 Å². The molecular weight excluding hydrogens is 284 g/mol. The average molecular weight is 312 g/mol. The van der Waals surface area contributed by atoms with Gasteiger partial charge in [0.05, 0.1) is 18.6 Å². The lowest BCUT2D eigenvalue weighted by Gasteiger charge is -2.39. The summed E-state index contributed by atoms with van der Waals surface area (Å²) in [5.41, 5.74) is 0.127. The zero-order chi connectivity index (χ0) is 17.4. The summed E-state index contributed by atoms with van der Waals surface area (Å²) in [5.74, 6) is -0.678. The Morgan fingerprint density at radius 1 is 1.32 bits per heavy atom. The van der Waals surface area contributed by atoms with Crippen molar-refractivity contribution in [3.63, 3.8) is 0 Å². The first-order chi connectivity index (χ1) is 10.0. The Bertz CT molecular complexity index is 408. The molecule has 0 spiro atoms. The van der Waals surface area contributed by atoms with Crippen molar-refractivity contribution in [2.45, 2.75) is 46.6 Å². The zero-order valence-corrected chi connectivity index (χ0v) is 14.4. The van der Waals surface area contributed by atoms with Crippen LogP contribution in [-0.4, -0.2) is 37.4 Å². The summed E-state index contributed by atoms with van der Waals surface area (Å²) in [6, 6.07) is 0. The van der Waals surface area contributed by atoms with Crippen molar-refractivity contribution in [3.05, 3.63) is 24.8 Å². The molecule has 1 saturated heterocycles. The molecule has 0 N–H and O–H groups in total. The van der Waals surface area contributed by atoms with Crippen LogP contribution in [0.3, 0.4) is 0 Å². The van der Waals surface area contributed by atoms with Gasteiger partial charge in [0.25, 0.3) is 0 Å². The molecule has 0 aromatic carbocycles. The van der Waals surface area contributed by atoms with Gasteiger partial charge in [0.2, 0.25) is 0 Å². The molecule has 126 valence electrons. The molecule has 0 unspecified atom stereocenters. The molecule has 1 fully saturated rings. The van der Waals surface area contributed by atoms with Gasteiger partial charge in [-0.05, 0) is 34.1 Å². The molecule has 5 heteroatoms. The standard InChI is InChI=1S/C10H16O3.C7H12O2/c1-4-10(5-12-6-10)7-13-9(11)8(2)3;1-5-6(8)9-7(2,3)4/h2,4-7H2,1,3H3;5H,1H2,2-4H3. The first-order valence-electron chi connectivity index (χ1n) is 7.31. The molecule has 1 heterocycles. The molecule has 1 aliphatic heterocycles. The number of carbonyl (C=O) groups excluding carboxylic acids is 2. The number of hydrogen-bond donors (Lipinski definition) is 0. The van der Waals surface area contributed by atoms with Crippen LogP contribution < -0.4 is 0 Å². The molecule has 5 nitrogen and oxygen atoms in total. The van der Waals surface area contributed by atoms with Crippen LogP contribution in [0.25, 0.3) is 0 Å². The van der Waals surface area contributed by atoms with Gasteiger partial charge in [-0.2, -0.15) is 0 Å². The van der Waals surface area contributed by atoms with Crippen LogP contribution in [0.5, 0.6) is 0 Å². The summed E-state index contributed by atoms with van der Waals surface area (Å²) in [7, 11) is 0. The van der Waals surface area contributed by atoms with Crippen LogP contribution in [0.2, 0.25) is 0 Å². The highest BCUT2D eigenvalue weighted by Crippen LogP contribution is 2.31. The zero-order valence-electron chi connectivity index (χ0n) is 14.4. The van der Waals surface area contributed by atoms with Crippen LogP contribution >= 0.6 is 0 Å². The second kappa shape index (κ2) is 8.73. The molecule has 0 radical (unpaired) electrons. The third-order valence-corrected chi connectivity index (χ3v) is 3.00. The van der Waals surface area contributed by atoms with Crippen LogP contribution in [0, 0.1) is 5.41 Å². The Balaban J connectivity index is 0.000000433. The predicted molar refractivity (Wildman–Crippen MR) is 85.4 cm³/mol. The van der Waals surface area contributed by atoms with E-state index in [-0.39, 0.29) is 17.4 Å². The van der Waals surface area contributed by atoms with Crippen molar-refractivity contribution in [1.82, 2.24) is 0 Å². The van der Waals surface area contributed by atoms with Gasteiger partial charge in [-0.1, -0.05) is 20.1 Å². The van der Waals surface area contributed by atoms with Gasteiger partial charge >= 0.3 is 11.9 Å². The maximum Gasteiger partial charge on any atom is 0.333 e. The number of hydrogen-bond acceptors (Lipinski definition) is 5. The van der Waals surface area contributed by atoms with Crippen molar-refractivity contribution in [3.8, 4) is 0 Å². The monoisotopic (exact) mass is 312 g/mol. The molecule has 0 atom stereocenters. The molecule has 0 bridgehead atoms. The third kappa shape index (κ3) is 7.98. The molecule has 0 aromatic heterocycles. The van der Waals surface area contributed by atoms with Gasteiger partial charge in [0, 0.05) is 11.6 Å². The lowest BCUT2D eigenvalue weighted by Crippen LogP contribution is -2.46. The average Bonchev–Trinajstić information content (AvgIpc) is 2.36. The van der Waals surface area contributed by atoms with E-state index in [4.69, 9.17) is 14.2 Å². The number of carbonyl (C=O) groups is 2. The summed E-state index contributed by atoms with van der Waals surface area (Å²) in [4.78, 5) is 21.6. The van der Waals surface area contributed by atoms with E-state index in [2.05, 4.69) is 20.1 Å². The van der Waals surface area contributed by atoms with Gasteiger partial charge in [-0.25, -0.2) is 9.59 Å². The van der Waals surface area contributed by atoms with Crippen LogP contribution in [-0.2, 0) is 23.8 Å². The minimum Gasteiger partial charge on any atom is -0.462 e. The lowest BCUT2D eigenvalue weighted by atomic mass is 9.84. The van der Waals surface area contributed by atoms with E-state index in [1.807, 2.05) is 20.8 Å². The fourth-order valence-electron chi connectivity index (χ4n) is 1.47. The number of rotatable bonds is 5. The van der Waals surface area contributed by atoms with Gasteiger partial charge in [-0.15, -0.1) is 0 Å². The summed E-state index contributed by atoms with van der Waals surface area (Å²) in [6.45, 7) is 17.8. The van der Waals surface area contributed by atoms with Crippen molar-refractivity contribution >= 4 is 11.9 Å². The minimum atomic E-state index is -0.398. The van der Waals surface area contributed by atoms with E-state index in [9.17, 15) is 9.59 Å². The summed E-state index contributed by atoms with van der Waals surface area (Å²) in [6.07, 6.45) is 2.14. The van der Waals surface area contributed by atoms with E-state index < -0.39 is 5.60 Å². The van der Waals surface area contributed by atoms with E-state index in [1.54, 1.807) is 6.92 Å². The fraction of sp³-hybridized carbons (Fsp3) is 0.647. The molecular formula is C17H28O5. The molecule has 1 rings (SSSR count). The Morgan fingerprint density at radius 2 is 1.86 bits per heavy atom. The van der Waals surface area contributed by atoms with Crippen molar-refractivity contribution < 1.29 is 23.8 Å². The first kappa shape index (κ1) is 20.4. The molecule has 22 heavy (non-hydrogen) atoms. The van der Waals surface area contributed by atoms with Gasteiger partial charge in [-0.3, -0.25) is 0 Å². The highest BCUT2D eigenvalue weighted by atomic mass is 16.6. The summed E-state index contributed by atoms with van der Waals surface area (Å²) in [5, 5.41) is 0. The van der Waals surface area contributed by atoms with Crippen molar-refractivity contribution in [1.29, 1.82) is 0 Å². The Morgan fingerprint density at radius 3 is 2.09 bits per heavy atom. The van der Waals surface area contributed by atoms with Crippen LogP contribution in [0.4, 0.5) is 0 Å². The number of esters is 2. The SMILES string of the molecule is C=C(C)C(=O)OCC1(CC)COC1.C=CC(=O)OC(C)(C)C. The third-order valence-electron chi connectivity index (χ3n) is 3.00. The molecule has 0 aliphatic carbocycles. The van der Waals surface area contributed by atoms with E-state index >= 15 is 0 Å².